The molecule has 0 radical (unpaired) electrons. The first-order valence-corrected chi connectivity index (χ1v) is 9.80. The molecule has 2 aliphatic heterocycles. The van der Waals surface area contributed by atoms with Crippen LogP contribution in [0.15, 0.2) is 29.2 Å². The molecule has 1 N–H and O–H groups in total. The van der Waals surface area contributed by atoms with E-state index in [9.17, 15) is 18.0 Å². The number of carbonyl (C=O) groups is 2. The van der Waals surface area contributed by atoms with Gasteiger partial charge in [-0.3, -0.25) is 9.59 Å². The third kappa shape index (κ3) is 3.55. The summed E-state index contributed by atoms with van der Waals surface area (Å²) in [7, 11) is -1.94. The largest absolute Gasteiger partial charge is 0.481 e. The molecule has 0 bridgehead atoms. The quantitative estimate of drug-likeness (QED) is 0.862. The topological polar surface area (TPSA) is 95.0 Å². The van der Waals surface area contributed by atoms with Crippen molar-refractivity contribution in [3.05, 3.63) is 29.8 Å². The van der Waals surface area contributed by atoms with Gasteiger partial charge in [0.2, 0.25) is 15.9 Å². The highest BCUT2D eigenvalue weighted by Gasteiger charge is 2.33. The average molecular weight is 366 g/mol. The average Bonchev–Trinajstić information content (AvgIpc) is 2.94. The van der Waals surface area contributed by atoms with Gasteiger partial charge in [-0.25, -0.2) is 8.42 Å². The first-order valence-electron chi connectivity index (χ1n) is 8.36. The van der Waals surface area contributed by atoms with Crippen LogP contribution >= 0.6 is 0 Å². The number of hydrogen-bond donors (Lipinski definition) is 1. The molecule has 25 heavy (non-hydrogen) atoms. The van der Waals surface area contributed by atoms with Crippen molar-refractivity contribution >= 4 is 21.9 Å². The number of carboxylic acids is 1. The van der Waals surface area contributed by atoms with Crippen LogP contribution < -0.4 is 0 Å². The number of hydrogen-bond acceptors (Lipinski definition) is 4. The molecule has 136 valence electrons. The number of likely N-dealkylation sites (N-methyl/N-ethyl adjacent to an activating group) is 1. The molecule has 0 spiro atoms. The van der Waals surface area contributed by atoms with Gasteiger partial charge in [0.15, 0.2) is 0 Å². The summed E-state index contributed by atoms with van der Waals surface area (Å²) in [5.74, 6) is -1.43. The third-order valence-corrected chi connectivity index (χ3v) is 6.94. The Bertz CT molecular complexity index is 775. The van der Waals surface area contributed by atoms with Crippen LogP contribution in [0.2, 0.25) is 0 Å². The second kappa shape index (κ2) is 6.76. The number of aliphatic carboxylic acids is 1. The van der Waals surface area contributed by atoms with Gasteiger partial charge >= 0.3 is 5.97 Å². The summed E-state index contributed by atoms with van der Waals surface area (Å²) in [5.41, 5.74) is 0.943. The van der Waals surface area contributed by atoms with E-state index in [1.807, 2.05) is 0 Å². The molecule has 0 aliphatic carbocycles. The van der Waals surface area contributed by atoms with Crippen molar-refractivity contribution in [1.82, 2.24) is 9.21 Å². The highest BCUT2D eigenvalue weighted by molar-refractivity contribution is 7.89. The highest BCUT2D eigenvalue weighted by atomic mass is 32.2. The second-order valence-electron chi connectivity index (χ2n) is 6.78. The molecular formula is C17H22N2O5S. The number of piperidine rings is 1. The van der Waals surface area contributed by atoms with Gasteiger partial charge in [0.1, 0.15) is 0 Å². The van der Waals surface area contributed by atoms with Gasteiger partial charge in [0, 0.05) is 39.0 Å². The van der Waals surface area contributed by atoms with Gasteiger partial charge in [0.05, 0.1) is 10.8 Å². The van der Waals surface area contributed by atoms with E-state index in [1.54, 1.807) is 36.2 Å². The van der Waals surface area contributed by atoms with Gasteiger partial charge in [-0.05, 0) is 30.5 Å². The van der Waals surface area contributed by atoms with Crippen LogP contribution in [0, 0.1) is 5.92 Å². The summed E-state index contributed by atoms with van der Waals surface area (Å²) in [6, 6.07) is 6.61. The zero-order chi connectivity index (χ0) is 18.2. The fourth-order valence-electron chi connectivity index (χ4n) is 3.51. The Hall–Kier alpha value is -1.93. The van der Waals surface area contributed by atoms with Crippen LogP contribution in [0.4, 0.5) is 0 Å². The first kappa shape index (κ1) is 17.9. The molecule has 2 fully saturated rings. The summed E-state index contributed by atoms with van der Waals surface area (Å²) in [5, 5.41) is 9.14. The van der Waals surface area contributed by atoms with Crippen LogP contribution in [0.25, 0.3) is 0 Å². The van der Waals surface area contributed by atoms with E-state index in [0.717, 1.165) is 5.56 Å². The fourth-order valence-corrected chi connectivity index (χ4v) is 5.03. The molecule has 8 heteroatoms. The second-order valence-corrected chi connectivity index (χ2v) is 8.72. The van der Waals surface area contributed by atoms with Crippen LogP contribution in [0.3, 0.4) is 0 Å². The normalized spacial score (nSPS) is 25.3. The van der Waals surface area contributed by atoms with Crippen LogP contribution in [-0.4, -0.2) is 61.3 Å². The molecule has 2 aliphatic rings. The molecule has 2 heterocycles. The molecule has 1 unspecified atom stereocenters. The molecule has 1 amide bonds. The van der Waals surface area contributed by atoms with Gasteiger partial charge in [0.25, 0.3) is 0 Å². The van der Waals surface area contributed by atoms with E-state index >= 15 is 0 Å². The van der Waals surface area contributed by atoms with E-state index in [0.29, 0.717) is 32.4 Å². The SMILES string of the molecule is CN1CC(c2ccc(S(=O)(=O)N3CCC[C@H](C(=O)O)C3)cc2)CC1=O. The molecule has 1 aromatic rings. The predicted octanol–water partition coefficient (Wildman–Crippen LogP) is 1.12. The molecule has 7 nitrogen and oxygen atoms in total. The van der Waals surface area contributed by atoms with Crippen molar-refractivity contribution in [1.29, 1.82) is 0 Å². The van der Waals surface area contributed by atoms with Gasteiger partial charge in [-0.1, -0.05) is 12.1 Å². The van der Waals surface area contributed by atoms with E-state index in [2.05, 4.69) is 0 Å². The molecule has 2 saturated heterocycles. The summed E-state index contributed by atoms with van der Waals surface area (Å²) in [6.07, 6.45) is 1.49. The van der Waals surface area contributed by atoms with Crippen LogP contribution in [0.5, 0.6) is 0 Å². The number of carboxylic acid groups (broad SMARTS) is 1. The fraction of sp³-hybridized carbons (Fsp3) is 0.529. The minimum Gasteiger partial charge on any atom is -0.481 e. The van der Waals surface area contributed by atoms with Gasteiger partial charge in [-0.2, -0.15) is 4.31 Å². The molecule has 3 rings (SSSR count). The molecule has 0 aromatic heterocycles. The van der Waals surface area contributed by atoms with Crippen LogP contribution in [-0.2, 0) is 19.6 Å². The smallest absolute Gasteiger partial charge is 0.307 e. The van der Waals surface area contributed by atoms with E-state index < -0.39 is 21.9 Å². The maximum Gasteiger partial charge on any atom is 0.307 e. The molecule has 0 saturated carbocycles. The third-order valence-electron chi connectivity index (χ3n) is 5.06. The zero-order valence-electron chi connectivity index (χ0n) is 14.1. The minimum atomic E-state index is -3.70. The van der Waals surface area contributed by atoms with Crippen molar-refractivity contribution < 1.29 is 23.1 Å². The lowest BCUT2D eigenvalue weighted by atomic mass is 9.98. The van der Waals surface area contributed by atoms with Crippen molar-refractivity contribution in [2.75, 3.05) is 26.7 Å². The molecule has 1 aromatic carbocycles. The van der Waals surface area contributed by atoms with Crippen molar-refractivity contribution in [3.8, 4) is 0 Å². The lowest BCUT2D eigenvalue weighted by molar-refractivity contribution is -0.142. The standard InChI is InChI=1S/C17H22N2O5S/c1-18-10-14(9-16(18)20)12-4-6-15(7-5-12)25(23,24)19-8-2-3-13(11-19)17(21)22/h4-7,13-14H,2-3,8-11H2,1H3,(H,21,22)/t13-,14?/m0/s1. The number of rotatable bonds is 4. The maximum absolute atomic E-state index is 12.8. The zero-order valence-corrected chi connectivity index (χ0v) is 14.9. The lowest BCUT2D eigenvalue weighted by Crippen LogP contribution is -2.42. The Balaban J connectivity index is 1.77. The number of likely N-dealkylation sites (tertiary alicyclic amines) is 1. The summed E-state index contributed by atoms with van der Waals surface area (Å²) >= 11 is 0. The number of benzene rings is 1. The van der Waals surface area contributed by atoms with Crippen LogP contribution in [0.1, 0.15) is 30.7 Å². The van der Waals surface area contributed by atoms with Crippen molar-refractivity contribution in [3.63, 3.8) is 0 Å². The number of carbonyl (C=O) groups excluding carboxylic acids is 1. The van der Waals surface area contributed by atoms with Gasteiger partial charge < -0.3 is 10.0 Å². The van der Waals surface area contributed by atoms with Crippen molar-refractivity contribution in [2.45, 2.75) is 30.1 Å². The Labute approximate surface area is 147 Å². The monoisotopic (exact) mass is 366 g/mol. The highest BCUT2D eigenvalue weighted by Crippen LogP contribution is 2.29. The number of sulfonamides is 1. The molecule has 2 atom stereocenters. The van der Waals surface area contributed by atoms with E-state index in [-0.39, 0.29) is 23.3 Å². The maximum atomic E-state index is 12.8. The Morgan fingerprint density at radius 2 is 1.88 bits per heavy atom. The van der Waals surface area contributed by atoms with E-state index in [4.69, 9.17) is 5.11 Å². The Kier molecular flexibility index (Phi) is 4.83. The predicted molar refractivity (Wildman–Crippen MR) is 90.6 cm³/mol. The Morgan fingerprint density at radius 1 is 1.20 bits per heavy atom. The minimum absolute atomic E-state index is 0.0152. The summed E-state index contributed by atoms with van der Waals surface area (Å²) in [4.78, 5) is 24.6. The summed E-state index contributed by atoms with van der Waals surface area (Å²) < 4.78 is 26.8. The molecular weight excluding hydrogens is 344 g/mol. The summed E-state index contributed by atoms with van der Waals surface area (Å²) in [6.45, 7) is 0.995. The van der Waals surface area contributed by atoms with Gasteiger partial charge in [-0.15, -0.1) is 0 Å². The number of nitrogens with zero attached hydrogens (tertiary/aromatic N) is 2. The van der Waals surface area contributed by atoms with E-state index in [1.165, 1.54) is 4.31 Å². The lowest BCUT2D eigenvalue weighted by Gasteiger charge is -2.29. The Morgan fingerprint density at radius 3 is 2.44 bits per heavy atom. The number of amides is 1. The first-order chi connectivity index (χ1) is 11.8. The van der Waals surface area contributed by atoms with Crippen molar-refractivity contribution in [2.24, 2.45) is 5.92 Å².